The van der Waals surface area contributed by atoms with Gasteiger partial charge in [0.25, 0.3) is 0 Å². The van der Waals surface area contributed by atoms with Crippen LogP contribution in [0.15, 0.2) is 41.8 Å². The van der Waals surface area contributed by atoms with Crippen LogP contribution in [0, 0.1) is 12.8 Å². The minimum Gasteiger partial charge on any atom is -0.207 e. The van der Waals surface area contributed by atoms with Crippen LogP contribution in [0.3, 0.4) is 0 Å². The zero-order valence-corrected chi connectivity index (χ0v) is 14.1. The molecule has 0 aliphatic heterocycles. The van der Waals surface area contributed by atoms with E-state index in [0.717, 1.165) is 5.56 Å². The Labute approximate surface area is 126 Å². The first-order valence-corrected chi connectivity index (χ1v) is 9.06. The number of hydrogen-bond acceptors (Lipinski definition) is 3. The summed E-state index contributed by atoms with van der Waals surface area (Å²) in [6.07, 6.45) is 1.78. The minimum absolute atomic E-state index is 0.0580. The number of thioether (sulfide) groups is 1. The molecule has 0 bridgehead atoms. The Morgan fingerprint density at radius 1 is 1.20 bits per heavy atom. The highest BCUT2D eigenvalue weighted by Gasteiger charge is 2.24. The van der Waals surface area contributed by atoms with Crippen LogP contribution in [-0.2, 0) is 10.0 Å². The van der Waals surface area contributed by atoms with Crippen molar-refractivity contribution in [2.75, 3.05) is 0 Å². The zero-order chi connectivity index (χ0) is 15.3. The van der Waals surface area contributed by atoms with Crippen molar-refractivity contribution in [1.29, 1.82) is 0 Å². The van der Waals surface area contributed by atoms with Crippen molar-refractivity contribution < 1.29 is 8.42 Å². The molecule has 0 heterocycles. The van der Waals surface area contributed by atoms with E-state index >= 15 is 0 Å². The van der Waals surface area contributed by atoms with Crippen molar-refractivity contribution in [2.45, 2.75) is 43.2 Å². The molecular formula is C15H23NO2S2. The minimum atomic E-state index is -3.50. The van der Waals surface area contributed by atoms with Gasteiger partial charge in [0.05, 0.1) is 10.3 Å². The zero-order valence-electron chi connectivity index (χ0n) is 12.5. The van der Waals surface area contributed by atoms with E-state index in [2.05, 4.69) is 11.3 Å². The second-order valence-corrected chi connectivity index (χ2v) is 8.57. The summed E-state index contributed by atoms with van der Waals surface area (Å²) < 4.78 is 27.6. The first-order chi connectivity index (χ1) is 9.26. The third-order valence-electron chi connectivity index (χ3n) is 2.87. The Kier molecular flexibility index (Phi) is 6.30. The molecular weight excluding hydrogens is 290 g/mol. The highest BCUT2D eigenvalue weighted by atomic mass is 32.2. The molecule has 5 heteroatoms. The summed E-state index contributed by atoms with van der Waals surface area (Å²) in [4.78, 5) is 0.300. The predicted molar refractivity (Wildman–Crippen MR) is 87.4 cm³/mol. The molecule has 112 valence electrons. The third kappa shape index (κ3) is 4.96. The van der Waals surface area contributed by atoms with E-state index in [9.17, 15) is 8.42 Å². The Morgan fingerprint density at radius 2 is 1.75 bits per heavy atom. The lowest BCUT2D eigenvalue weighted by atomic mass is 10.2. The third-order valence-corrected chi connectivity index (χ3v) is 5.86. The lowest BCUT2D eigenvalue weighted by molar-refractivity contribution is 0.560. The molecule has 0 saturated heterocycles. The highest BCUT2D eigenvalue weighted by Crippen LogP contribution is 2.24. The maximum absolute atomic E-state index is 12.4. The highest BCUT2D eigenvalue weighted by molar-refractivity contribution is 8.01. The quantitative estimate of drug-likeness (QED) is 0.618. The first-order valence-electron chi connectivity index (χ1n) is 6.63. The van der Waals surface area contributed by atoms with Crippen LogP contribution in [-0.4, -0.2) is 19.0 Å². The molecule has 0 radical (unpaired) electrons. The van der Waals surface area contributed by atoms with Crippen molar-refractivity contribution in [2.24, 2.45) is 5.92 Å². The molecule has 0 saturated carbocycles. The largest absolute Gasteiger partial charge is 0.241 e. The fourth-order valence-corrected chi connectivity index (χ4v) is 4.31. The van der Waals surface area contributed by atoms with Crippen LogP contribution < -0.4 is 4.72 Å². The van der Waals surface area contributed by atoms with Gasteiger partial charge >= 0.3 is 0 Å². The smallest absolute Gasteiger partial charge is 0.207 e. The van der Waals surface area contributed by atoms with Gasteiger partial charge in [0.15, 0.2) is 0 Å². The van der Waals surface area contributed by atoms with Gasteiger partial charge in [-0.05, 0) is 25.0 Å². The Bertz CT molecular complexity index is 535. The Morgan fingerprint density at radius 3 is 2.20 bits per heavy atom. The molecule has 3 nitrogen and oxygen atoms in total. The average molecular weight is 313 g/mol. The summed E-state index contributed by atoms with van der Waals surface area (Å²) in [5.74, 6) is 0.0580. The summed E-state index contributed by atoms with van der Waals surface area (Å²) in [5, 5.41) is 0.127. The van der Waals surface area contributed by atoms with Crippen LogP contribution in [0.5, 0.6) is 0 Å². The maximum Gasteiger partial charge on any atom is 0.241 e. The van der Waals surface area contributed by atoms with Crippen molar-refractivity contribution in [3.63, 3.8) is 0 Å². The predicted octanol–water partition coefficient (Wildman–Crippen LogP) is 3.56. The SMILES string of the molecule is C=C[C@H](C)[C@H](NS(=O)(=O)c1ccc(C)cc1)SC(C)C. The second kappa shape index (κ2) is 7.29. The van der Waals surface area contributed by atoms with Gasteiger partial charge in [-0.1, -0.05) is 44.5 Å². The number of rotatable bonds is 7. The van der Waals surface area contributed by atoms with Gasteiger partial charge in [-0.3, -0.25) is 0 Å². The van der Waals surface area contributed by atoms with Crippen molar-refractivity contribution >= 4 is 21.8 Å². The normalized spacial score (nSPS) is 15.1. The summed E-state index contributed by atoms with van der Waals surface area (Å²) >= 11 is 1.60. The number of nitrogens with one attached hydrogen (secondary N) is 1. The summed E-state index contributed by atoms with van der Waals surface area (Å²) in [7, 11) is -3.50. The van der Waals surface area contributed by atoms with E-state index in [-0.39, 0.29) is 11.3 Å². The van der Waals surface area contributed by atoms with Crippen LogP contribution >= 0.6 is 11.8 Å². The van der Waals surface area contributed by atoms with Crippen LogP contribution in [0.4, 0.5) is 0 Å². The van der Waals surface area contributed by atoms with E-state index < -0.39 is 10.0 Å². The molecule has 0 spiro atoms. The summed E-state index contributed by atoms with van der Waals surface area (Å²) in [6, 6.07) is 6.87. The molecule has 0 aromatic heterocycles. The number of aryl methyl sites for hydroxylation is 1. The lowest BCUT2D eigenvalue weighted by Gasteiger charge is -2.24. The van der Waals surface area contributed by atoms with E-state index in [1.54, 1.807) is 42.1 Å². The fraction of sp³-hybridized carbons (Fsp3) is 0.467. The van der Waals surface area contributed by atoms with Gasteiger partial charge in [-0.2, -0.15) is 4.72 Å². The molecule has 0 fully saturated rings. The maximum atomic E-state index is 12.4. The molecule has 0 aliphatic rings. The molecule has 0 unspecified atom stereocenters. The van der Waals surface area contributed by atoms with Crippen molar-refractivity contribution in [1.82, 2.24) is 4.72 Å². The van der Waals surface area contributed by atoms with Gasteiger partial charge in [0.1, 0.15) is 0 Å². The molecule has 20 heavy (non-hydrogen) atoms. The lowest BCUT2D eigenvalue weighted by Crippen LogP contribution is -2.37. The first kappa shape index (κ1) is 17.3. The molecule has 0 aliphatic carbocycles. The van der Waals surface area contributed by atoms with Gasteiger partial charge in [-0.25, -0.2) is 8.42 Å². The van der Waals surface area contributed by atoms with Crippen molar-refractivity contribution in [3.8, 4) is 0 Å². The van der Waals surface area contributed by atoms with Gasteiger partial charge in [-0.15, -0.1) is 18.3 Å². The molecule has 1 aromatic rings. The van der Waals surface area contributed by atoms with Crippen LogP contribution in [0.25, 0.3) is 0 Å². The second-order valence-electron chi connectivity index (χ2n) is 5.13. The number of benzene rings is 1. The summed E-state index contributed by atoms with van der Waals surface area (Å²) in [5.41, 5.74) is 1.04. The monoisotopic (exact) mass is 313 g/mol. The van der Waals surface area contributed by atoms with Crippen molar-refractivity contribution in [3.05, 3.63) is 42.5 Å². The molecule has 2 atom stereocenters. The number of sulfonamides is 1. The fourth-order valence-electron chi connectivity index (χ4n) is 1.61. The molecule has 1 aromatic carbocycles. The van der Waals surface area contributed by atoms with Gasteiger partial charge in [0.2, 0.25) is 10.0 Å². The summed E-state index contributed by atoms with van der Waals surface area (Å²) in [6.45, 7) is 11.7. The van der Waals surface area contributed by atoms with Gasteiger partial charge < -0.3 is 0 Å². The Hall–Kier alpha value is -0.780. The van der Waals surface area contributed by atoms with Crippen LogP contribution in [0.2, 0.25) is 0 Å². The van der Waals surface area contributed by atoms with E-state index in [1.807, 2.05) is 27.7 Å². The van der Waals surface area contributed by atoms with E-state index in [1.165, 1.54) is 0 Å². The molecule has 1 rings (SSSR count). The van der Waals surface area contributed by atoms with Gasteiger partial charge in [0, 0.05) is 5.25 Å². The van der Waals surface area contributed by atoms with E-state index in [0.29, 0.717) is 10.1 Å². The molecule has 1 N–H and O–H groups in total. The molecule has 0 amide bonds. The topological polar surface area (TPSA) is 46.2 Å². The number of hydrogen-bond donors (Lipinski definition) is 1. The average Bonchev–Trinajstić information content (AvgIpc) is 2.36. The van der Waals surface area contributed by atoms with E-state index in [4.69, 9.17) is 0 Å². The standard InChI is InChI=1S/C15H23NO2S2/c1-6-13(5)15(19-11(2)3)16-20(17,18)14-9-7-12(4)8-10-14/h6-11,13,15-16H,1H2,2-5H3/t13-,15+/m0/s1. The van der Waals surface area contributed by atoms with Crippen LogP contribution in [0.1, 0.15) is 26.3 Å². The Balaban J connectivity index is 2.96.